The summed E-state index contributed by atoms with van der Waals surface area (Å²) in [6, 6.07) is 16.5. The Morgan fingerprint density at radius 2 is 1.87 bits per heavy atom. The van der Waals surface area contributed by atoms with Crippen molar-refractivity contribution in [1.82, 2.24) is 9.88 Å². The fourth-order valence-electron chi connectivity index (χ4n) is 3.45. The SMILES string of the molecule is CC(C)(C)c1ccc(OCCn2cc(/C=C3\SC(=S)NC3=O)c3ccccc32)cc1. The van der Waals surface area contributed by atoms with Crippen molar-refractivity contribution in [3.05, 3.63) is 70.8 Å². The van der Waals surface area contributed by atoms with Crippen LogP contribution in [-0.2, 0) is 16.8 Å². The van der Waals surface area contributed by atoms with Gasteiger partial charge in [-0.05, 0) is 35.3 Å². The minimum Gasteiger partial charge on any atom is -0.492 e. The van der Waals surface area contributed by atoms with Crippen molar-refractivity contribution in [3.63, 3.8) is 0 Å². The molecule has 1 aliphatic rings. The van der Waals surface area contributed by atoms with Gasteiger partial charge in [0.05, 0.1) is 11.4 Å². The number of benzene rings is 2. The lowest BCUT2D eigenvalue weighted by atomic mass is 9.87. The van der Waals surface area contributed by atoms with Crippen LogP contribution >= 0.6 is 24.0 Å². The molecule has 1 N–H and O–H groups in total. The van der Waals surface area contributed by atoms with Crippen LogP contribution in [0.5, 0.6) is 5.75 Å². The third-order valence-corrected chi connectivity index (χ3v) is 6.23. The van der Waals surface area contributed by atoms with Crippen LogP contribution in [0.3, 0.4) is 0 Å². The molecule has 0 spiro atoms. The number of rotatable bonds is 5. The van der Waals surface area contributed by atoms with Gasteiger partial charge < -0.3 is 14.6 Å². The number of amides is 1. The molecule has 6 heteroatoms. The zero-order valence-corrected chi connectivity index (χ0v) is 18.9. The summed E-state index contributed by atoms with van der Waals surface area (Å²) >= 11 is 6.39. The normalized spacial score (nSPS) is 15.8. The molecule has 4 rings (SSSR count). The first-order chi connectivity index (χ1) is 14.3. The molecule has 1 amide bonds. The summed E-state index contributed by atoms with van der Waals surface area (Å²) in [5.41, 5.74) is 3.54. The maximum absolute atomic E-state index is 12.0. The predicted molar refractivity (Wildman–Crippen MR) is 129 cm³/mol. The first-order valence-electron chi connectivity index (χ1n) is 9.87. The van der Waals surface area contributed by atoms with Gasteiger partial charge in [-0.1, -0.05) is 75.1 Å². The Bertz CT molecular complexity index is 1140. The van der Waals surface area contributed by atoms with Gasteiger partial charge in [0.2, 0.25) is 0 Å². The average Bonchev–Trinajstić information content (AvgIpc) is 3.21. The second-order valence-corrected chi connectivity index (χ2v) is 9.99. The number of carbonyl (C=O) groups excluding carboxylic acids is 1. The van der Waals surface area contributed by atoms with Crippen molar-refractivity contribution in [2.45, 2.75) is 32.7 Å². The van der Waals surface area contributed by atoms with Crippen LogP contribution in [0.15, 0.2) is 59.6 Å². The lowest BCUT2D eigenvalue weighted by Crippen LogP contribution is -2.17. The van der Waals surface area contributed by atoms with E-state index in [4.69, 9.17) is 17.0 Å². The third-order valence-electron chi connectivity index (χ3n) is 5.07. The van der Waals surface area contributed by atoms with Gasteiger partial charge in [-0.15, -0.1) is 0 Å². The fraction of sp³-hybridized carbons (Fsp3) is 0.250. The van der Waals surface area contributed by atoms with Gasteiger partial charge in [-0.3, -0.25) is 4.79 Å². The third kappa shape index (κ3) is 4.45. The van der Waals surface area contributed by atoms with Crippen LogP contribution in [-0.4, -0.2) is 21.4 Å². The number of aromatic nitrogens is 1. The molecule has 0 aliphatic carbocycles. The molecule has 2 aromatic carbocycles. The van der Waals surface area contributed by atoms with Crippen LogP contribution in [0.25, 0.3) is 17.0 Å². The van der Waals surface area contributed by atoms with Crippen molar-refractivity contribution in [1.29, 1.82) is 0 Å². The molecular weight excluding hydrogens is 412 g/mol. The van der Waals surface area contributed by atoms with Crippen LogP contribution in [0.4, 0.5) is 0 Å². The Kier molecular flexibility index (Phi) is 5.71. The Labute approximate surface area is 186 Å². The van der Waals surface area contributed by atoms with Gasteiger partial charge in [0.1, 0.15) is 16.7 Å². The molecule has 0 unspecified atom stereocenters. The first kappa shape index (κ1) is 20.7. The number of nitrogens with one attached hydrogen (secondary N) is 1. The molecule has 0 bridgehead atoms. The molecule has 0 radical (unpaired) electrons. The molecule has 154 valence electrons. The standard InChI is InChI=1S/C24H24N2O2S2/c1-24(2,3)17-8-10-18(11-9-17)28-13-12-26-15-16(19-6-4-5-7-20(19)26)14-21-22(27)25-23(29)30-21/h4-11,14-15H,12-13H2,1-3H3,(H,25,27,29)/b21-14-. The van der Waals surface area contributed by atoms with Crippen LogP contribution in [0, 0.1) is 0 Å². The number of carbonyl (C=O) groups is 1. The summed E-state index contributed by atoms with van der Waals surface area (Å²) in [6.07, 6.45) is 3.98. The number of hydrogen-bond acceptors (Lipinski definition) is 4. The molecule has 4 nitrogen and oxygen atoms in total. The lowest BCUT2D eigenvalue weighted by molar-refractivity contribution is -0.115. The van der Waals surface area contributed by atoms with Gasteiger partial charge >= 0.3 is 0 Å². The van der Waals surface area contributed by atoms with E-state index in [1.165, 1.54) is 17.3 Å². The van der Waals surface area contributed by atoms with Gasteiger partial charge in [-0.2, -0.15) is 0 Å². The molecule has 1 aliphatic heterocycles. The second-order valence-electron chi connectivity index (χ2n) is 8.27. The van der Waals surface area contributed by atoms with Crippen molar-refractivity contribution < 1.29 is 9.53 Å². The number of para-hydroxylation sites is 1. The highest BCUT2D eigenvalue weighted by molar-refractivity contribution is 8.26. The molecule has 1 fully saturated rings. The number of ether oxygens (including phenoxy) is 1. The van der Waals surface area contributed by atoms with Gasteiger partial charge in [-0.25, -0.2) is 0 Å². The van der Waals surface area contributed by atoms with E-state index in [2.05, 4.69) is 61.1 Å². The molecule has 3 aromatic rings. The summed E-state index contributed by atoms with van der Waals surface area (Å²) in [5, 5.41) is 3.77. The quantitative estimate of drug-likeness (QED) is 0.423. The van der Waals surface area contributed by atoms with Gasteiger partial charge in [0.15, 0.2) is 0 Å². The van der Waals surface area contributed by atoms with E-state index in [1.54, 1.807) is 0 Å². The zero-order valence-electron chi connectivity index (χ0n) is 17.3. The van der Waals surface area contributed by atoms with E-state index in [9.17, 15) is 4.79 Å². The maximum Gasteiger partial charge on any atom is 0.263 e. The smallest absolute Gasteiger partial charge is 0.263 e. The van der Waals surface area contributed by atoms with Crippen molar-refractivity contribution in [3.8, 4) is 5.75 Å². The molecular formula is C24H24N2O2S2. The fourth-order valence-corrected chi connectivity index (χ4v) is 4.49. The monoisotopic (exact) mass is 436 g/mol. The average molecular weight is 437 g/mol. The molecule has 0 atom stereocenters. The minimum absolute atomic E-state index is 0.131. The highest BCUT2D eigenvalue weighted by atomic mass is 32.2. The summed E-state index contributed by atoms with van der Waals surface area (Å²) < 4.78 is 8.65. The summed E-state index contributed by atoms with van der Waals surface area (Å²) in [7, 11) is 0. The molecule has 1 aromatic heterocycles. The van der Waals surface area contributed by atoms with Crippen molar-refractivity contribution >= 4 is 51.2 Å². The summed E-state index contributed by atoms with van der Waals surface area (Å²) in [6.45, 7) is 7.88. The topological polar surface area (TPSA) is 43.3 Å². The molecule has 2 heterocycles. The van der Waals surface area contributed by atoms with Gasteiger partial charge in [0.25, 0.3) is 5.91 Å². The van der Waals surface area contributed by atoms with E-state index >= 15 is 0 Å². The van der Waals surface area contributed by atoms with E-state index < -0.39 is 0 Å². The largest absolute Gasteiger partial charge is 0.492 e. The van der Waals surface area contributed by atoms with E-state index in [1.807, 2.05) is 30.3 Å². The molecule has 0 saturated carbocycles. The summed E-state index contributed by atoms with van der Waals surface area (Å²) in [5.74, 6) is 0.734. The second kappa shape index (κ2) is 8.28. The number of thiocarbonyl (C=S) groups is 1. The first-order valence-corrected chi connectivity index (χ1v) is 11.1. The summed E-state index contributed by atoms with van der Waals surface area (Å²) in [4.78, 5) is 12.7. The minimum atomic E-state index is -0.135. The predicted octanol–water partition coefficient (Wildman–Crippen LogP) is 5.51. The highest BCUT2D eigenvalue weighted by Crippen LogP contribution is 2.30. The van der Waals surface area contributed by atoms with E-state index in [0.29, 0.717) is 22.4 Å². The molecule has 30 heavy (non-hydrogen) atoms. The zero-order chi connectivity index (χ0) is 21.3. The maximum atomic E-state index is 12.0. The van der Waals surface area contributed by atoms with E-state index in [0.717, 1.165) is 22.2 Å². The number of hydrogen-bond donors (Lipinski definition) is 1. The number of nitrogens with zero attached hydrogens (tertiary/aromatic N) is 1. The Morgan fingerprint density at radius 1 is 1.13 bits per heavy atom. The van der Waals surface area contributed by atoms with Crippen molar-refractivity contribution in [2.75, 3.05) is 6.61 Å². The van der Waals surface area contributed by atoms with Crippen LogP contribution in [0.2, 0.25) is 0 Å². The van der Waals surface area contributed by atoms with Crippen molar-refractivity contribution in [2.24, 2.45) is 0 Å². The Balaban J connectivity index is 1.50. The highest BCUT2D eigenvalue weighted by Gasteiger charge is 2.22. The lowest BCUT2D eigenvalue weighted by Gasteiger charge is -2.19. The Hall–Kier alpha value is -2.57. The van der Waals surface area contributed by atoms with Crippen LogP contribution < -0.4 is 10.1 Å². The van der Waals surface area contributed by atoms with Gasteiger partial charge in [0, 0.05) is 22.7 Å². The molecule has 1 saturated heterocycles. The Morgan fingerprint density at radius 3 is 2.53 bits per heavy atom. The van der Waals surface area contributed by atoms with Crippen LogP contribution in [0.1, 0.15) is 31.9 Å². The number of thioether (sulfide) groups is 1. The number of fused-ring (bicyclic) bond motifs is 1. The van der Waals surface area contributed by atoms with E-state index in [-0.39, 0.29) is 11.3 Å².